The smallest absolute Gasteiger partial charge is 0.104 e. The van der Waals surface area contributed by atoms with Gasteiger partial charge in [-0.15, -0.1) is 0 Å². The van der Waals surface area contributed by atoms with E-state index in [1.54, 1.807) is 0 Å². The van der Waals surface area contributed by atoms with Crippen molar-refractivity contribution in [2.75, 3.05) is 52.0 Å². The van der Waals surface area contributed by atoms with Crippen molar-refractivity contribution in [3.8, 4) is 0 Å². The molecule has 0 aliphatic heterocycles. The summed E-state index contributed by atoms with van der Waals surface area (Å²) in [6.07, 6.45) is 4.95. The lowest BCUT2D eigenvalue weighted by atomic mass is 10.0. The van der Waals surface area contributed by atoms with E-state index in [1.807, 2.05) is 13.8 Å². The van der Waals surface area contributed by atoms with Gasteiger partial charge in [-0.05, 0) is 148 Å². The van der Waals surface area contributed by atoms with Crippen molar-refractivity contribution in [2.24, 2.45) is 0 Å². The first-order valence-corrected chi connectivity index (χ1v) is 19.2. The predicted molar refractivity (Wildman–Crippen MR) is 203 cm³/mol. The fraction of sp³-hybridized carbons (Fsp3) is 1.00. The minimum absolute atomic E-state index is 0.0216. The molecule has 0 rings (SSSR count). The maximum atomic E-state index is 6.44. The molecule has 9 heteroatoms. The van der Waals surface area contributed by atoms with E-state index in [1.165, 1.54) is 0 Å². The molecule has 0 aromatic rings. The first-order valence-electron chi connectivity index (χ1n) is 18.6. The van der Waals surface area contributed by atoms with Crippen molar-refractivity contribution in [1.82, 2.24) is 0 Å². The molecular formula is C39H80O8S. The van der Waals surface area contributed by atoms with Crippen molar-refractivity contribution in [1.29, 1.82) is 0 Å². The van der Waals surface area contributed by atoms with Crippen LogP contribution in [0.5, 0.6) is 0 Å². The number of hydrogen-bond donors (Lipinski definition) is 1. The molecule has 8 nitrogen and oxygen atoms in total. The fourth-order valence-electron chi connectivity index (χ4n) is 4.60. The molecule has 0 amide bonds. The number of hydrogen-bond acceptors (Lipinski definition) is 9. The topological polar surface area (TPSA) is 73.8 Å². The molecule has 0 aliphatic rings. The van der Waals surface area contributed by atoms with Crippen molar-refractivity contribution < 1.29 is 37.9 Å². The van der Waals surface area contributed by atoms with Crippen LogP contribution < -0.4 is 0 Å². The molecule has 2 unspecified atom stereocenters. The summed E-state index contributed by atoms with van der Waals surface area (Å²) < 4.78 is 49.9. The van der Waals surface area contributed by atoms with Crippen molar-refractivity contribution in [3.05, 3.63) is 0 Å². The van der Waals surface area contributed by atoms with Crippen LogP contribution in [-0.2, 0) is 37.9 Å². The normalized spacial score (nSPS) is 15.4. The molecular weight excluding hydrogens is 628 g/mol. The molecule has 0 N–H and O–H groups in total. The molecule has 0 radical (unpaired) electrons. The van der Waals surface area contributed by atoms with Crippen LogP contribution in [0.2, 0.25) is 0 Å². The third-order valence-corrected chi connectivity index (χ3v) is 8.94. The zero-order valence-electron chi connectivity index (χ0n) is 34.3. The van der Waals surface area contributed by atoms with E-state index in [9.17, 15) is 0 Å². The Morgan fingerprint density at radius 2 is 0.854 bits per heavy atom. The standard InChI is InChI=1S/C39H80O8S/c1-17-34(5,6)42-24-19-36(9,10)45-29-33(30-46-37(11,12)20-25-44-38(13,14)22-27-48)40-23-18-35(7,8)43-26-21-39(15,16)47-32(4)28-41-31(2)3/h31-33,48H,17-30H2,1-16H3. The summed E-state index contributed by atoms with van der Waals surface area (Å²) in [4.78, 5) is 0. The van der Waals surface area contributed by atoms with E-state index < -0.39 is 0 Å². The predicted octanol–water partition coefficient (Wildman–Crippen LogP) is 9.25. The lowest BCUT2D eigenvalue weighted by Gasteiger charge is -2.34. The molecule has 0 spiro atoms. The molecule has 0 heterocycles. The summed E-state index contributed by atoms with van der Waals surface area (Å²) in [5.41, 5.74) is -1.72. The average molecular weight is 709 g/mol. The number of rotatable bonds is 30. The molecule has 2 atom stereocenters. The molecule has 0 aromatic heterocycles. The second kappa shape index (κ2) is 22.2. The van der Waals surface area contributed by atoms with Crippen LogP contribution in [0.25, 0.3) is 0 Å². The van der Waals surface area contributed by atoms with Gasteiger partial charge in [-0.2, -0.15) is 12.6 Å². The van der Waals surface area contributed by atoms with Gasteiger partial charge in [-0.25, -0.2) is 0 Å². The van der Waals surface area contributed by atoms with E-state index in [0.717, 1.165) is 44.3 Å². The number of thiol groups is 1. The monoisotopic (exact) mass is 709 g/mol. The Morgan fingerprint density at radius 3 is 1.29 bits per heavy atom. The first kappa shape index (κ1) is 48.0. The zero-order chi connectivity index (χ0) is 37.3. The van der Waals surface area contributed by atoms with Crippen molar-refractivity contribution >= 4 is 12.6 Å². The molecule has 0 aliphatic carbocycles. The van der Waals surface area contributed by atoms with Gasteiger partial charge in [0.2, 0.25) is 0 Å². The zero-order valence-corrected chi connectivity index (χ0v) is 35.2. The summed E-state index contributed by atoms with van der Waals surface area (Å²) in [6.45, 7) is 37.5. The third kappa shape index (κ3) is 25.9. The molecule has 0 fully saturated rings. The third-order valence-electron chi connectivity index (χ3n) is 8.72. The largest absolute Gasteiger partial charge is 0.376 e. The second-order valence-corrected chi connectivity index (χ2v) is 17.8. The Kier molecular flexibility index (Phi) is 22.2. The van der Waals surface area contributed by atoms with Crippen molar-refractivity contribution in [2.45, 2.75) is 201 Å². The molecule has 0 aromatic carbocycles. The fourth-order valence-corrected chi connectivity index (χ4v) is 5.14. The lowest BCUT2D eigenvalue weighted by Crippen LogP contribution is -2.39. The van der Waals surface area contributed by atoms with E-state index in [2.05, 4.69) is 110 Å². The summed E-state index contributed by atoms with van der Waals surface area (Å²) in [6, 6.07) is 0. The van der Waals surface area contributed by atoms with Gasteiger partial charge in [0, 0.05) is 6.61 Å². The Bertz CT molecular complexity index is 825. The van der Waals surface area contributed by atoms with Crippen LogP contribution >= 0.6 is 12.6 Å². The molecule has 48 heavy (non-hydrogen) atoms. The minimum Gasteiger partial charge on any atom is -0.376 e. The first-order chi connectivity index (χ1) is 21.8. The molecule has 0 bridgehead atoms. The SMILES string of the molecule is CCC(C)(C)OCCC(C)(C)OCC(COC(C)(C)CCOC(C)(C)CCS)OCCC(C)(C)OCCC(C)(C)OC(C)COC(C)C. The van der Waals surface area contributed by atoms with Crippen LogP contribution in [0.3, 0.4) is 0 Å². The minimum atomic E-state index is -0.372. The highest BCUT2D eigenvalue weighted by molar-refractivity contribution is 7.80. The lowest BCUT2D eigenvalue weighted by molar-refractivity contribution is -0.147. The molecule has 290 valence electrons. The van der Waals surface area contributed by atoms with E-state index in [-0.39, 0.29) is 51.9 Å². The van der Waals surface area contributed by atoms with Crippen LogP contribution in [0.1, 0.15) is 149 Å². The Morgan fingerprint density at radius 1 is 0.458 bits per heavy atom. The van der Waals surface area contributed by atoms with Gasteiger partial charge in [0.05, 0.1) is 85.5 Å². The van der Waals surface area contributed by atoms with Crippen LogP contribution in [-0.4, -0.2) is 104 Å². The Labute approximate surface area is 303 Å². The summed E-state index contributed by atoms with van der Waals surface area (Å²) in [5, 5.41) is 0. The summed E-state index contributed by atoms with van der Waals surface area (Å²) in [5.74, 6) is 0.798. The van der Waals surface area contributed by atoms with Gasteiger partial charge in [0.1, 0.15) is 6.10 Å². The molecule has 0 saturated carbocycles. The highest BCUT2D eigenvalue weighted by Gasteiger charge is 2.29. The maximum absolute atomic E-state index is 6.44. The van der Waals surface area contributed by atoms with E-state index in [0.29, 0.717) is 46.2 Å². The highest BCUT2D eigenvalue weighted by Crippen LogP contribution is 2.24. The van der Waals surface area contributed by atoms with Crippen LogP contribution in [0.4, 0.5) is 0 Å². The van der Waals surface area contributed by atoms with Gasteiger partial charge < -0.3 is 37.9 Å². The van der Waals surface area contributed by atoms with Crippen LogP contribution in [0, 0.1) is 0 Å². The molecule has 0 saturated heterocycles. The maximum Gasteiger partial charge on any atom is 0.104 e. The second-order valence-electron chi connectivity index (χ2n) is 17.4. The Balaban J connectivity index is 5.13. The van der Waals surface area contributed by atoms with Gasteiger partial charge in [-0.3, -0.25) is 0 Å². The summed E-state index contributed by atoms with van der Waals surface area (Å²) in [7, 11) is 0. The highest BCUT2D eigenvalue weighted by atomic mass is 32.1. The Hall–Kier alpha value is 0.0300. The van der Waals surface area contributed by atoms with Gasteiger partial charge >= 0.3 is 0 Å². The van der Waals surface area contributed by atoms with Crippen molar-refractivity contribution in [3.63, 3.8) is 0 Å². The van der Waals surface area contributed by atoms with E-state index >= 15 is 0 Å². The van der Waals surface area contributed by atoms with Crippen LogP contribution in [0.15, 0.2) is 0 Å². The van der Waals surface area contributed by atoms with Gasteiger partial charge in [-0.1, -0.05) is 6.92 Å². The summed E-state index contributed by atoms with van der Waals surface area (Å²) >= 11 is 4.37. The average Bonchev–Trinajstić information content (AvgIpc) is 2.92. The van der Waals surface area contributed by atoms with Gasteiger partial charge in [0.25, 0.3) is 0 Å². The number of ether oxygens (including phenoxy) is 8. The van der Waals surface area contributed by atoms with E-state index in [4.69, 9.17) is 37.9 Å². The van der Waals surface area contributed by atoms with Gasteiger partial charge in [0.15, 0.2) is 0 Å². The quantitative estimate of drug-likeness (QED) is 0.0741.